The van der Waals surface area contributed by atoms with Crippen LogP contribution in [0.5, 0.6) is 0 Å². The molecule has 1 aliphatic rings. The zero-order valence-electron chi connectivity index (χ0n) is 7.01. The summed E-state index contributed by atoms with van der Waals surface area (Å²) in [4.78, 5) is 1.42. The molecule has 0 bridgehead atoms. The third-order valence-corrected chi connectivity index (χ3v) is 3.97. The van der Waals surface area contributed by atoms with E-state index in [9.17, 15) is 0 Å². The summed E-state index contributed by atoms with van der Waals surface area (Å²) in [5.74, 6) is 0.897. The highest BCUT2D eigenvalue weighted by atomic mass is 79.9. The van der Waals surface area contributed by atoms with Crippen LogP contribution >= 0.6 is 27.3 Å². The summed E-state index contributed by atoms with van der Waals surface area (Å²) in [6.45, 7) is 3.33. The summed E-state index contributed by atoms with van der Waals surface area (Å²) in [6, 6.07) is 2.97. The first kappa shape index (κ1) is 8.73. The van der Waals surface area contributed by atoms with Gasteiger partial charge in [0.2, 0.25) is 0 Å². The second-order valence-electron chi connectivity index (χ2n) is 3.43. The predicted octanol–water partition coefficient (Wildman–Crippen LogP) is 3.01. The molecule has 66 valence electrons. The lowest BCUT2D eigenvalue weighted by Crippen LogP contribution is -2.16. The molecule has 1 aromatic rings. The third-order valence-electron chi connectivity index (χ3n) is 2.27. The lowest BCUT2D eigenvalue weighted by molar-refractivity contribution is 0.658. The van der Waals surface area contributed by atoms with Gasteiger partial charge in [0.15, 0.2) is 0 Å². The van der Waals surface area contributed by atoms with Gasteiger partial charge in [-0.1, -0.05) is 6.92 Å². The molecule has 12 heavy (non-hydrogen) atoms. The number of halogens is 1. The predicted molar refractivity (Wildman–Crippen MR) is 56.4 cm³/mol. The molecule has 1 N–H and O–H groups in total. The molecule has 1 saturated carbocycles. The first-order chi connectivity index (χ1) is 5.75. The Labute approximate surface area is 85.3 Å². The first-order valence-corrected chi connectivity index (χ1v) is 5.89. The maximum Gasteiger partial charge on any atom is 0.0302 e. The standard InChI is InChI=1S/C9H12BrNS/c1-6-2-9(6)11-4-8-3-7(10)5-12-8/h3,5-6,9,11H,2,4H2,1H3/t6-,9-/m1/s1. The molecule has 2 rings (SSSR count). The summed E-state index contributed by atoms with van der Waals surface area (Å²) in [7, 11) is 0. The van der Waals surface area contributed by atoms with Crippen LogP contribution in [-0.4, -0.2) is 6.04 Å². The molecule has 0 spiro atoms. The van der Waals surface area contributed by atoms with E-state index < -0.39 is 0 Å². The fourth-order valence-electron chi connectivity index (χ4n) is 1.28. The monoisotopic (exact) mass is 245 g/mol. The van der Waals surface area contributed by atoms with Gasteiger partial charge in [-0.2, -0.15) is 0 Å². The second-order valence-corrected chi connectivity index (χ2v) is 5.34. The molecule has 3 heteroatoms. The van der Waals surface area contributed by atoms with Gasteiger partial charge in [-0.15, -0.1) is 11.3 Å². The Balaban J connectivity index is 1.80. The molecule has 0 aliphatic heterocycles. The van der Waals surface area contributed by atoms with Crippen LogP contribution in [0.1, 0.15) is 18.2 Å². The van der Waals surface area contributed by atoms with Gasteiger partial charge < -0.3 is 5.32 Å². The van der Waals surface area contributed by atoms with Crippen molar-refractivity contribution in [3.63, 3.8) is 0 Å². The highest BCUT2D eigenvalue weighted by Gasteiger charge is 2.31. The smallest absolute Gasteiger partial charge is 0.0302 e. The fraction of sp³-hybridized carbons (Fsp3) is 0.556. The Morgan fingerprint density at radius 3 is 3.00 bits per heavy atom. The van der Waals surface area contributed by atoms with Crippen LogP contribution in [0.25, 0.3) is 0 Å². The lowest BCUT2D eigenvalue weighted by Gasteiger charge is -1.98. The van der Waals surface area contributed by atoms with Crippen LogP contribution in [0.4, 0.5) is 0 Å². The van der Waals surface area contributed by atoms with Crippen LogP contribution in [0.15, 0.2) is 15.9 Å². The molecule has 0 aromatic carbocycles. The minimum absolute atomic E-state index is 0.783. The first-order valence-electron chi connectivity index (χ1n) is 4.22. The van der Waals surface area contributed by atoms with Crippen molar-refractivity contribution in [2.45, 2.75) is 25.9 Å². The Bertz CT molecular complexity index is 271. The van der Waals surface area contributed by atoms with Gasteiger partial charge in [-0.05, 0) is 34.3 Å². The SMILES string of the molecule is C[C@@H]1C[C@H]1NCc1cc(Br)cs1. The highest BCUT2D eigenvalue weighted by Crippen LogP contribution is 2.29. The minimum atomic E-state index is 0.783. The van der Waals surface area contributed by atoms with Crippen molar-refractivity contribution in [1.82, 2.24) is 5.32 Å². The van der Waals surface area contributed by atoms with Crippen molar-refractivity contribution < 1.29 is 0 Å². The van der Waals surface area contributed by atoms with Gasteiger partial charge in [0, 0.05) is 27.3 Å². The number of hydrogen-bond acceptors (Lipinski definition) is 2. The van der Waals surface area contributed by atoms with Gasteiger partial charge in [-0.3, -0.25) is 0 Å². The van der Waals surface area contributed by atoms with E-state index in [4.69, 9.17) is 0 Å². The molecule has 2 atom stereocenters. The summed E-state index contributed by atoms with van der Waals surface area (Å²) < 4.78 is 1.20. The van der Waals surface area contributed by atoms with Gasteiger partial charge in [0.25, 0.3) is 0 Å². The fourth-order valence-corrected chi connectivity index (χ4v) is 2.69. The van der Waals surface area contributed by atoms with E-state index in [1.165, 1.54) is 15.8 Å². The summed E-state index contributed by atoms with van der Waals surface area (Å²) in [6.07, 6.45) is 1.35. The number of nitrogens with one attached hydrogen (secondary N) is 1. The molecular weight excluding hydrogens is 234 g/mol. The molecule has 0 saturated heterocycles. The molecular formula is C9H12BrNS. The van der Waals surface area contributed by atoms with Gasteiger partial charge in [-0.25, -0.2) is 0 Å². The van der Waals surface area contributed by atoms with Crippen molar-refractivity contribution in [3.05, 3.63) is 20.8 Å². The van der Waals surface area contributed by atoms with Crippen molar-refractivity contribution in [1.29, 1.82) is 0 Å². The van der Waals surface area contributed by atoms with Crippen molar-refractivity contribution in [2.75, 3.05) is 0 Å². The van der Waals surface area contributed by atoms with E-state index in [0.717, 1.165) is 18.5 Å². The summed E-state index contributed by atoms with van der Waals surface area (Å²) in [5, 5.41) is 5.66. The lowest BCUT2D eigenvalue weighted by atomic mass is 10.4. The average Bonchev–Trinajstić information content (AvgIpc) is 2.56. The molecule has 1 nitrogen and oxygen atoms in total. The summed E-state index contributed by atoms with van der Waals surface area (Å²) in [5.41, 5.74) is 0. The largest absolute Gasteiger partial charge is 0.309 e. The Kier molecular flexibility index (Phi) is 2.53. The topological polar surface area (TPSA) is 12.0 Å². The van der Waals surface area contributed by atoms with Crippen molar-refractivity contribution in [2.24, 2.45) is 5.92 Å². The number of hydrogen-bond donors (Lipinski definition) is 1. The van der Waals surface area contributed by atoms with Crippen LogP contribution in [-0.2, 0) is 6.54 Å². The van der Waals surface area contributed by atoms with Gasteiger partial charge in [0.1, 0.15) is 0 Å². The zero-order chi connectivity index (χ0) is 8.55. The number of thiophene rings is 1. The Morgan fingerprint density at radius 1 is 1.75 bits per heavy atom. The van der Waals surface area contributed by atoms with Crippen molar-refractivity contribution >= 4 is 27.3 Å². The average molecular weight is 246 g/mol. The highest BCUT2D eigenvalue weighted by molar-refractivity contribution is 9.10. The van der Waals surface area contributed by atoms with E-state index in [-0.39, 0.29) is 0 Å². The van der Waals surface area contributed by atoms with Crippen LogP contribution in [0.3, 0.4) is 0 Å². The van der Waals surface area contributed by atoms with Crippen LogP contribution in [0.2, 0.25) is 0 Å². The van der Waals surface area contributed by atoms with E-state index in [1.54, 1.807) is 0 Å². The molecule has 0 radical (unpaired) electrons. The maximum atomic E-state index is 3.53. The van der Waals surface area contributed by atoms with E-state index in [1.807, 2.05) is 11.3 Å². The maximum absolute atomic E-state index is 3.53. The van der Waals surface area contributed by atoms with E-state index >= 15 is 0 Å². The van der Waals surface area contributed by atoms with Gasteiger partial charge in [0.05, 0.1) is 0 Å². The molecule has 1 aliphatic carbocycles. The quantitative estimate of drug-likeness (QED) is 0.864. The van der Waals surface area contributed by atoms with E-state index in [2.05, 4.69) is 39.6 Å². The molecule has 1 fully saturated rings. The van der Waals surface area contributed by atoms with E-state index in [0.29, 0.717) is 0 Å². The molecule has 1 aromatic heterocycles. The number of rotatable bonds is 3. The Morgan fingerprint density at radius 2 is 2.50 bits per heavy atom. The van der Waals surface area contributed by atoms with Gasteiger partial charge >= 0.3 is 0 Å². The molecule has 1 heterocycles. The second kappa shape index (κ2) is 3.48. The minimum Gasteiger partial charge on any atom is -0.309 e. The normalized spacial score (nSPS) is 27.5. The Hall–Kier alpha value is 0.140. The third kappa shape index (κ3) is 2.09. The summed E-state index contributed by atoms with van der Waals surface area (Å²) >= 11 is 5.26. The molecule has 0 amide bonds. The van der Waals surface area contributed by atoms with Crippen molar-refractivity contribution in [3.8, 4) is 0 Å². The van der Waals surface area contributed by atoms with Crippen LogP contribution < -0.4 is 5.32 Å². The van der Waals surface area contributed by atoms with Crippen LogP contribution in [0, 0.1) is 5.92 Å². The zero-order valence-corrected chi connectivity index (χ0v) is 9.41. The molecule has 0 unspecified atom stereocenters.